The van der Waals surface area contributed by atoms with E-state index in [1.807, 2.05) is 24.3 Å². The van der Waals surface area contributed by atoms with Gasteiger partial charge in [-0.05, 0) is 47.3 Å². The Morgan fingerprint density at radius 1 is 0.912 bits per heavy atom. The van der Waals surface area contributed by atoms with E-state index < -0.39 is 15.9 Å². The summed E-state index contributed by atoms with van der Waals surface area (Å²) >= 11 is 0. The minimum absolute atomic E-state index is 0.0346. The van der Waals surface area contributed by atoms with Gasteiger partial charge in [-0.1, -0.05) is 41.6 Å². The quantitative estimate of drug-likeness (QED) is 0.405. The van der Waals surface area contributed by atoms with Crippen LogP contribution in [-0.4, -0.2) is 34.3 Å². The monoisotopic (exact) mass is 470 g/mol. The van der Waals surface area contributed by atoms with Crippen LogP contribution in [0.25, 0.3) is 27.6 Å². The molecule has 10 heteroatoms. The molecule has 0 unspecified atom stereocenters. The minimum atomic E-state index is -3.88. The Balaban J connectivity index is 1.40. The predicted molar refractivity (Wildman–Crippen MR) is 128 cm³/mol. The van der Waals surface area contributed by atoms with Crippen LogP contribution >= 0.6 is 0 Å². The molecular formula is C24H18N6O3S. The second kappa shape index (κ2) is 8.50. The second-order valence-corrected chi connectivity index (χ2v) is 9.04. The molecule has 1 amide bonds. The van der Waals surface area contributed by atoms with E-state index in [4.69, 9.17) is 5.14 Å². The third kappa shape index (κ3) is 4.15. The summed E-state index contributed by atoms with van der Waals surface area (Å²) in [5.41, 5.74) is 2.59. The molecule has 0 aliphatic rings. The number of nitrogens with one attached hydrogen (secondary N) is 1. The van der Waals surface area contributed by atoms with E-state index in [0.717, 1.165) is 10.8 Å². The van der Waals surface area contributed by atoms with Crippen LogP contribution in [0.1, 0.15) is 10.5 Å². The third-order valence-electron chi connectivity index (χ3n) is 5.30. The number of anilines is 1. The van der Waals surface area contributed by atoms with E-state index in [0.29, 0.717) is 22.5 Å². The fourth-order valence-electron chi connectivity index (χ4n) is 3.67. The summed E-state index contributed by atoms with van der Waals surface area (Å²) in [5, 5.41) is 18.0. The highest BCUT2D eigenvalue weighted by atomic mass is 32.2. The Morgan fingerprint density at radius 2 is 1.71 bits per heavy atom. The molecule has 0 aliphatic carbocycles. The molecule has 2 aromatic heterocycles. The molecule has 0 fully saturated rings. The van der Waals surface area contributed by atoms with Crippen LogP contribution in [0.15, 0.2) is 96.3 Å². The minimum Gasteiger partial charge on any atom is -0.321 e. The summed E-state index contributed by atoms with van der Waals surface area (Å²) < 4.78 is 25.2. The van der Waals surface area contributed by atoms with Gasteiger partial charge in [0.2, 0.25) is 10.0 Å². The standard InChI is InChI=1S/C24H18N6O3S/c25-34(32,33)23-4-2-1-3-21(23)17-5-8-19(9-6-17)28-24(31)22-15-27-29-30(22)20-10-7-16-11-12-26-14-18(16)13-20/h1-15H,(H,28,31)(H2,25,32,33). The van der Waals surface area contributed by atoms with Crippen molar-refractivity contribution in [1.82, 2.24) is 20.0 Å². The molecular weight excluding hydrogens is 452 g/mol. The van der Waals surface area contributed by atoms with E-state index in [2.05, 4.69) is 20.6 Å². The molecule has 3 aromatic carbocycles. The largest absolute Gasteiger partial charge is 0.321 e. The highest BCUT2D eigenvalue weighted by Crippen LogP contribution is 2.27. The van der Waals surface area contributed by atoms with Gasteiger partial charge in [0.05, 0.1) is 16.8 Å². The summed E-state index contributed by atoms with van der Waals surface area (Å²) in [4.78, 5) is 17.1. The van der Waals surface area contributed by atoms with Gasteiger partial charge in [-0.3, -0.25) is 9.78 Å². The smallest absolute Gasteiger partial charge is 0.276 e. The maximum atomic E-state index is 13.0. The molecule has 3 N–H and O–H groups in total. The van der Waals surface area contributed by atoms with Crippen LogP contribution in [0.5, 0.6) is 0 Å². The van der Waals surface area contributed by atoms with E-state index >= 15 is 0 Å². The molecule has 0 saturated carbocycles. The normalized spacial score (nSPS) is 11.4. The number of rotatable bonds is 5. The average Bonchev–Trinajstić information content (AvgIpc) is 3.34. The Morgan fingerprint density at radius 3 is 2.50 bits per heavy atom. The number of pyridine rings is 1. The number of fused-ring (bicyclic) bond motifs is 1. The zero-order valence-corrected chi connectivity index (χ0v) is 18.5. The van der Waals surface area contributed by atoms with Crippen LogP contribution in [0.2, 0.25) is 0 Å². The molecule has 168 valence electrons. The molecule has 5 rings (SSSR count). The number of benzene rings is 3. The number of nitrogens with two attached hydrogens (primary N) is 1. The first-order valence-electron chi connectivity index (χ1n) is 10.2. The van der Waals surface area contributed by atoms with Gasteiger partial charge in [-0.15, -0.1) is 5.10 Å². The van der Waals surface area contributed by atoms with Crippen LogP contribution < -0.4 is 10.5 Å². The lowest BCUT2D eigenvalue weighted by molar-refractivity contribution is 0.101. The first kappa shape index (κ1) is 21.4. The fraction of sp³-hybridized carbons (Fsp3) is 0. The molecule has 5 aromatic rings. The number of sulfonamides is 1. The van der Waals surface area contributed by atoms with Gasteiger partial charge in [0.15, 0.2) is 5.69 Å². The fourth-order valence-corrected chi connectivity index (χ4v) is 4.43. The van der Waals surface area contributed by atoms with Gasteiger partial charge in [0.1, 0.15) is 0 Å². The van der Waals surface area contributed by atoms with Crippen molar-refractivity contribution in [2.24, 2.45) is 5.14 Å². The SMILES string of the molecule is NS(=O)(=O)c1ccccc1-c1ccc(NC(=O)c2cnnn2-c2ccc3ccncc3c2)cc1. The lowest BCUT2D eigenvalue weighted by atomic mass is 10.1. The van der Waals surface area contributed by atoms with Crippen molar-refractivity contribution in [2.75, 3.05) is 5.32 Å². The summed E-state index contributed by atoms with van der Waals surface area (Å²) in [5.74, 6) is -0.394. The van der Waals surface area contributed by atoms with Gasteiger partial charge in [0, 0.05) is 29.0 Å². The molecule has 34 heavy (non-hydrogen) atoms. The predicted octanol–water partition coefficient (Wildman–Crippen LogP) is 3.38. The van der Waals surface area contributed by atoms with Crippen molar-refractivity contribution < 1.29 is 13.2 Å². The summed E-state index contributed by atoms with van der Waals surface area (Å²) in [7, 11) is -3.88. The van der Waals surface area contributed by atoms with Gasteiger partial charge >= 0.3 is 0 Å². The van der Waals surface area contributed by atoms with Crippen LogP contribution in [0, 0.1) is 0 Å². The Labute approximate surface area is 194 Å². The first-order chi connectivity index (χ1) is 16.4. The Hall–Kier alpha value is -4.41. The third-order valence-corrected chi connectivity index (χ3v) is 6.27. The van der Waals surface area contributed by atoms with Crippen molar-refractivity contribution in [3.8, 4) is 16.8 Å². The van der Waals surface area contributed by atoms with Gasteiger partial charge in [-0.25, -0.2) is 18.2 Å². The van der Waals surface area contributed by atoms with Crippen LogP contribution in [0.3, 0.4) is 0 Å². The molecule has 0 spiro atoms. The molecule has 2 heterocycles. The zero-order valence-electron chi connectivity index (χ0n) is 17.7. The number of aromatic nitrogens is 4. The highest BCUT2D eigenvalue weighted by Gasteiger charge is 2.17. The van der Waals surface area contributed by atoms with E-state index in [-0.39, 0.29) is 10.6 Å². The van der Waals surface area contributed by atoms with Crippen molar-refractivity contribution in [2.45, 2.75) is 4.90 Å². The maximum Gasteiger partial charge on any atom is 0.276 e. The molecule has 9 nitrogen and oxygen atoms in total. The topological polar surface area (TPSA) is 133 Å². The van der Waals surface area contributed by atoms with Gasteiger partial charge in [-0.2, -0.15) is 0 Å². The summed E-state index contributed by atoms with van der Waals surface area (Å²) in [6, 6.07) is 20.8. The van der Waals surface area contributed by atoms with E-state index in [9.17, 15) is 13.2 Å². The highest BCUT2D eigenvalue weighted by molar-refractivity contribution is 7.89. The zero-order chi connectivity index (χ0) is 23.7. The van der Waals surface area contributed by atoms with Crippen LogP contribution in [-0.2, 0) is 10.0 Å². The average molecular weight is 471 g/mol. The number of carbonyl (C=O) groups excluding carboxylic acids is 1. The number of primary sulfonamides is 1. The summed E-state index contributed by atoms with van der Waals surface area (Å²) in [6.45, 7) is 0. The molecule has 0 atom stereocenters. The van der Waals surface area contributed by atoms with Gasteiger partial charge < -0.3 is 5.32 Å². The van der Waals surface area contributed by atoms with Crippen LogP contribution in [0.4, 0.5) is 5.69 Å². The maximum absolute atomic E-state index is 13.0. The van der Waals surface area contributed by atoms with Crippen molar-refractivity contribution in [3.05, 3.63) is 97.1 Å². The Kier molecular flexibility index (Phi) is 5.36. The molecule has 0 saturated heterocycles. The molecule has 0 radical (unpaired) electrons. The lowest BCUT2D eigenvalue weighted by Gasteiger charge is -2.10. The van der Waals surface area contributed by atoms with Crippen molar-refractivity contribution in [1.29, 1.82) is 0 Å². The second-order valence-electron chi connectivity index (χ2n) is 7.51. The number of hydrogen-bond acceptors (Lipinski definition) is 6. The number of carbonyl (C=O) groups is 1. The van der Waals surface area contributed by atoms with Crippen molar-refractivity contribution >= 4 is 32.4 Å². The van der Waals surface area contributed by atoms with Gasteiger partial charge in [0.25, 0.3) is 5.91 Å². The van der Waals surface area contributed by atoms with E-state index in [1.165, 1.54) is 16.9 Å². The summed E-state index contributed by atoms with van der Waals surface area (Å²) in [6.07, 6.45) is 4.85. The number of hydrogen-bond donors (Lipinski definition) is 2. The first-order valence-corrected chi connectivity index (χ1v) is 11.7. The van der Waals surface area contributed by atoms with Crippen molar-refractivity contribution in [3.63, 3.8) is 0 Å². The molecule has 0 aliphatic heterocycles. The molecule has 0 bridgehead atoms. The Bertz CT molecular complexity index is 1630. The number of amides is 1. The lowest BCUT2D eigenvalue weighted by Crippen LogP contribution is -2.17. The number of nitrogens with zero attached hydrogens (tertiary/aromatic N) is 4. The van der Waals surface area contributed by atoms with E-state index in [1.54, 1.807) is 54.9 Å².